The van der Waals surface area contributed by atoms with Crippen LogP contribution >= 0.6 is 0 Å². The molecule has 0 aliphatic carbocycles. The van der Waals surface area contributed by atoms with Gasteiger partial charge < -0.3 is 10.1 Å². The van der Waals surface area contributed by atoms with E-state index in [-0.39, 0.29) is 5.91 Å². The van der Waals surface area contributed by atoms with Crippen molar-refractivity contribution in [3.8, 4) is 0 Å². The molecule has 0 bridgehead atoms. The van der Waals surface area contributed by atoms with Crippen molar-refractivity contribution in [2.24, 2.45) is 0 Å². The van der Waals surface area contributed by atoms with Gasteiger partial charge in [0.2, 0.25) is 5.91 Å². The second-order valence-electron chi connectivity index (χ2n) is 4.42. The Kier molecular flexibility index (Phi) is 4.66. The van der Waals surface area contributed by atoms with E-state index in [9.17, 15) is 4.79 Å². The summed E-state index contributed by atoms with van der Waals surface area (Å²) in [6.07, 6.45) is 0.496. The minimum absolute atomic E-state index is 0.0135. The van der Waals surface area contributed by atoms with Gasteiger partial charge in [0.25, 0.3) is 0 Å². The maximum atomic E-state index is 11.8. The molecule has 5 nitrogen and oxygen atoms in total. The number of amides is 1. The molecule has 18 heavy (non-hydrogen) atoms. The van der Waals surface area contributed by atoms with Crippen LogP contribution < -0.4 is 5.32 Å². The molecule has 1 amide bonds. The third-order valence-corrected chi connectivity index (χ3v) is 2.91. The minimum atomic E-state index is 0.0135. The second-order valence-corrected chi connectivity index (χ2v) is 4.42. The van der Waals surface area contributed by atoms with Gasteiger partial charge in [-0.05, 0) is 19.1 Å². The van der Waals surface area contributed by atoms with Gasteiger partial charge in [0, 0.05) is 31.7 Å². The third-order valence-electron chi connectivity index (χ3n) is 2.91. The zero-order valence-electron chi connectivity index (χ0n) is 10.7. The fourth-order valence-electron chi connectivity index (χ4n) is 1.90. The van der Waals surface area contributed by atoms with E-state index in [2.05, 4.69) is 15.2 Å². The van der Waals surface area contributed by atoms with E-state index >= 15 is 0 Å². The first kappa shape index (κ1) is 13.0. The van der Waals surface area contributed by atoms with Gasteiger partial charge in [-0.25, -0.2) is 4.98 Å². The van der Waals surface area contributed by atoms with Crippen LogP contribution in [0, 0.1) is 6.92 Å². The van der Waals surface area contributed by atoms with Crippen LogP contribution in [-0.2, 0) is 9.53 Å². The number of ether oxygens (including phenoxy) is 1. The number of anilines is 1. The molecule has 0 radical (unpaired) electrons. The number of morpholine rings is 1. The molecule has 0 saturated carbocycles. The van der Waals surface area contributed by atoms with Crippen LogP contribution in [0.25, 0.3) is 0 Å². The van der Waals surface area contributed by atoms with Crippen molar-refractivity contribution >= 4 is 11.7 Å². The normalized spacial score (nSPS) is 16.5. The molecular formula is C13H19N3O2. The van der Waals surface area contributed by atoms with Crippen LogP contribution in [0.15, 0.2) is 18.2 Å². The van der Waals surface area contributed by atoms with Gasteiger partial charge in [-0.15, -0.1) is 0 Å². The summed E-state index contributed by atoms with van der Waals surface area (Å²) in [5, 5.41) is 2.81. The molecule has 2 rings (SSSR count). The number of nitrogens with one attached hydrogen (secondary N) is 1. The standard InChI is InChI=1S/C13H19N3O2/c1-11-3-2-4-12(14-11)15-13(17)5-6-16-7-9-18-10-8-16/h2-4H,5-10H2,1H3,(H,14,15,17). The van der Waals surface area contributed by atoms with Crippen LogP contribution in [-0.4, -0.2) is 48.6 Å². The highest BCUT2D eigenvalue weighted by Crippen LogP contribution is 2.05. The molecule has 1 saturated heterocycles. The second kappa shape index (κ2) is 6.47. The van der Waals surface area contributed by atoms with E-state index in [4.69, 9.17) is 4.74 Å². The Balaban J connectivity index is 1.74. The summed E-state index contributed by atoms with van der Waals surface area (Å²) in [6, 6.07) is 5.60. The van der Waals surface area contributed by atoms with Crippen molar-refractivity contribution < 1.29 is 9.53 Å². The van der Waals surface area contributed by atoms with E-state index in [1.54, 1.807) is 6.07 Å². The molecule has 1 aromatic rings. The molecule has 0 aromatic carbocycles. The topological polar surface area (TPSA) is 54.5 Å². The van der Waals surface area contributed by atoms with Crippen molar-refractivity contribution in [3.63, 3.8) is 0 Å². The number of aryl methyl sites for hydroxylation is 1. The van der Waals surface area contributed by atoms with Crippen molar-refractivity contribution in [2.75, 3.05) is 38.2 Å². The Morgan fingerprint density at radius 3 is 2.94 bits per heavy atom. The van der Waals surface area contributed by atoms with E-state index in [1.165, 1.54) is 0 Å². The highest BCUT2D eigenvalue weighted by atomic mass is 16.5. The SMILES string of the molecule is Cc1cccc(NC(=O)CCN2CCOCC2)n1. The maximum Gasteiger partial charge on any atom is 0.226 e. The predicted molar refractivity (Wildman–Crippen MR) is 69.5 cm³/mol. The van der Waals surface area contributed by atoms with Crippen LogP contribution in [0.3, 0.4) is 0 Å². The monoisotopic (exact) mass is 249 g/mol. The summed E-state index contributed by atoms with van der Waals surface area (Å²) < 4.78 is 5.26. The number of rotatable bonds is 4. The summed E-state index contributed by atoms with van der Waals surface area (Å²) in [6.45, 7) is 6.04. The molecule has 0 spiro atoms. The lowest BCUT2D eigenvalue weighted by atomic mass is 10.3. The largest absolute Gasteiger partial charge is 0.379 e. The van der Waals surface area contributed by atoms with Crippen LogP contribution in [0.4, 0.5) is 5.82 Å². The summed E-state index contributed by atoms with van der Waals surface area (Å²) >= 11 is 0. The number of pyridine rings is 1. The van der Waals surface area contributed by atoms with Gasteiger partial charge in [-0.1, -0.05) is 6.07 Å². The Morgan fingerprint density at radius 2 is 2.22 bits per heavy atom. The van der Waals surface area contributed by atoms with Crippen LogP contribution in [0.2, 0.25) is 0 Å². The molecule has 98 valence electrons. The summed E-state index contributed by atoms with van der Waals surface area (Å²) in [5.41, 5.74) is 0.904. The number of carbonyl (C=O) groups excluding carboxylic acids is 1. The molecule has 0 atom stereocenters. The number of carbonyl (C=O) groups is 1. The van der Waals surface area contributed by atoms with Crippen molar-refractivity contribution in [3.05, 3.63) is 23.9 Å². The van der Waals surface area contributed by atoms with Gasteiger partial charge in [-0.2, -0.15) is 0 Å². The van der Waals surface area contributed by atoms with Crippen molar-refractivity contribution in [1.82, 2.24) is 9.88 Å². The van der Waals surface area contributed by atoms with Gasteiger partial charge in [0.05, 0.1) is 13.2 Å². The van der Waals surface area contributed by atoms with Crippen molar-refractivity contribution in [1.29, 1.82) is 0 Å². The maximum absolute atomic E-state index is 11.8. The summed E-state index contributed by atoms with van der Waals surface area (Å²) in [4.78, 5) is 18.2. The van der Waals surface area contributed by atoms with Gasteiger partial charge in [0.15, 0.2) is 0 Å². The molecule has 1 aromatic heterocycles. The average molecular weight is 249 g/mol. The zero-order valence-corrected chi connectivity index (χ0v) is 10.7. The highest BCUT2D eigenvalue weighted by molar-refractivity contribution is 5.89. The van der Waals surface area contributed by atoms with Crippen LogP contribution in [0.5, 0.6) is 0 Å². The zero-order chi connectivity index (χ0) is 12.8. The first-order valence-electron chi connectivity index (χ1n) is 6.27. The number of nitrogens with zero attached hydrogens (tertiary/aromatic N) is 2. The van der Waals surface area contributed by atoms with Gasteiger partial charge in [0.1, 0.15) is 5.82 Å². The smallest absolute Gasteiger partial charge is 0.226 e. The quantitative estimate of drug-likeness (QED) is 0.866. The molecule has 0 unspecified atom stereocenters. The molecule has 1 aliphatic rings. The summed E-state index contributed by atoms with van der Waals surface area (Å²) in [7, 11) is 0. The Hall–Kier alpha value is -1.46. The van der Waals surface area contributed by atoms with E-state index in [1.807, 2.05) is 19.1 Å². The molecule has 2 heterocycles. The predicted octanol–water partition coefficient (Wildman–Crippen LogP) is 1.05. The van der Waals surface area contributed by atoms with Gasteiger partial charge in [-0.3, -0.25) is 9.69 Å². The minimum Gasteiger partial charge on any atom is -0.379 e. The Morgan fingerprint density at radius 1 is 1.44 bits per heavy atom. The molecule has 5 heteroatoms. The number of hydrogen-bond acceptors (Lipinski definition) is 4. The molecule has 1 N–H and O–H groups in total. The first-order valence-corrected chi connectivity index (χ1v) is 6.27. The van der Waals surface area contributed by atoms with Gasteiger partial charge >= 0.3 is 0 Å². The average Bonchev–Trinajstić information content (AvgIpc) is 2.38. The Labute approximate surface area is 107 Å². The fourth-order valence-corrected chi connectivity index (χ4v) is 1.90. The Bertz CT molecular complexity index is 403. The van der Waals surface area contributed by atoms with Crippen molar-refractivity contribution in [2.45, 2.75) is 13.3 Å². The van der Waals surface area contributed by atoms with Crippen LogP contribution in [0.1, 0.15) is 12.1 Å². The number of hydrogen-bond donors (Lipinski definition) is 1. The summed E-state index contributed by atoms with van der Waals surface area (Å²) in [5.74, 6) is 0.640. The van der Waals surface area contributed by atoms with E-state index in [0.29, 0.717) is 12.2 Å². The third kappa shape index (κ3) is 4.09. The molecule has 1 fully saturated rings. The lowest BCUT2D eigenvalue weighted by Crippen LogP contribution is -2.38. The van der Waals surface area contributed by atoms with E-state index < -0.39 is 0 Å². The highest BCUT2D eigenvalue weighted by Gasteiger charge is 2.12. The number of aromatic nitrogens is 1. The first-order chi connectivity index (χ1) is 8.74. The molecule has 1 aliphatic heterocycles. The van der Waals surface area contributed by atoms with E-state index in [0.717, 1.165) is 38.5 Å². The lowest BCUT2D eigenvalue weighted by molar-refractivity contribution is -0.116. The lowest BCUT2D eigenvalue weighted by Gasteiger charge is -2.26. The molecular weight excluding hydrogens is 230 g/mol. The fraction of sp³-hybridized carbons (Fsp3) is 0.538.